The third kappa shape index (κ3) is 2.95. The first-order valence-electron chi connectivity index (χ1n) is 6.31. The predicted molar refractivity (Wildman–Crippen MR) is 60.4 cm³/mol. The number of carboxylic acid groups (broad SMARTS) is 1. The van der Waals surface area contributed by atoms with E-state index >= 15 is 0 Å². The minimum Gasteiger partial charge on any atom is -0.481 e. The number of nitrogens with zero attached hydrogens (tertiary/aromatic N) is 1. The third-order valence-electron chi connectivity index (χ3n) is 3.81. The Bertz CT molecular complexity index is 244. The summed E-state index contributed by atoms with van der Waals surface area (Å²) in [7, 11) is 0. The van der Waals surface area contributed by atoms with E-state index in [0.717, 1.165) is 19.8 Å². The maximum absolute atomic E-state index is 10.6. The van der Waals surface area contributed by atoms with Gasteiger partial charge < -0.3 is 9.84 Å². The van der Waals surface area contributed by atoms with Gasteiger partial charge in [0.15, 0.2) is 0 Å². The second kappa shape index (κ2) is 5.64. The summed E-state index contributed by atoms with van der Waals surface area (Å²) in [5.74, 6) is -0.0671. The van der Waals surface area contributed by atoms with Gasteiger partial charge in [0.25, 0.3) is 0 Å². The fourth-order valence-electron chi connectivity index (χ4n) is 2.96. The van der Waals surface area contributed by atoms with E-state index in [4.69, 9.17) is 9.84 Å². The van der Waals surface area contributed by atoms with E-state index in [1.54, 1.807) is 0 Å². The Morgan fingerprint density at radius 2 is 2.19 bits per heavy atom. The highest BCUT2D eigenvalue weighted by Crippen LogP contribution is 2.30. The van der Waals surface area contributed by atoms with Gasteiger partial charge >= 0.3 is 5.97 Å². The van der Waals surface area contributed by atoms with Crippen LogP contribution in [0.25, 0.3) is 0 Å². The molecule has 16 heavy (non-hydrogen) atoms. The van der Waals surface area contributed by atoms with Crippen molar-refractivity contribution in [2.75, 3.05) is 26.3 Å². The van der Waals surface area contributed by atoms with Gasteiger partial charge in [-0.05, 0) is 18.8 Å². The first kappa shape index (κ1) is 11.9. The topological polar surface area (TPSA) is 49.8 Å². The SMILES string of the molecule is O=C(O)CCN1CCOC[C@H]2CCCC[C@@H]21. The maximum Gasteiger partial charge on any atom is 0.304 e. The molecule has 2 aliphatic rings. The van der Waals surface area contributed by atoms with Crippen LogP contribution in [0.2, 0.25) is 0 Å². The van der Waals surface area contributed by atoms with Gasteiger partial charge in [0.1, 0.15) is 0 Å². The Hall–Kier alpha value is -0.610. The summed E-state index contributed by atoms with van der Waals surface area (Å²) in [6.45, 7) is 3.20. The van der Waals surface area contributed by atoms with Gasteiger partial charge in [-0.2, -0.15) is 0 Å². The van der Waals surface area contributed by atoms with Gasteiger partial charge in [-0.3, -0.25) is 9.69 Å². The first-order valence-corrected chi connectivity index (χ1v) is 6.31. The molecule has 1 aliphatic heterocycles. The Labute approximate surface area is 96.6 Å². The smallest absolute Gasteiger partial charge is 0.304 e. The summed E-state index contributed by atoms with van der Waals surface area (Å²) in [4.78, 5) is 13.0. The van der Waals surface area contributed by atoms with Crippen molar-refractivity contribution >= 4 is 5.97 Å². The third-order valence-corrected chi connectivity index (χ3v) is 3.81. The van der Waals surface area contributed by atoms with Crippen LogP contribution in [0, 0.1) is 5.92 Å². The van der Waals surface area contributed by atoms with Crippen LogP contribution in [0.3, 0.4) is 0 Å². The van der Waals surface area contributed by atoms with E-state index in [2.05, 4.69) is 4.90 Å². The summed E-state index contributed by atoms with van der Waals surface area (Å²) in [6.07, 6.45) is 5.30. The molecule has 2 fully saturated rings. The Balaban J connectivity index is 1.94. The Morgan fingerprint density at radius 3 is 3.00 bits per heavy atom. The molecule has 1 aliphatic carbocycles. The molecule has 2 rings (SSSR count). The lowest BCUT2D eigenvalue weighted by molar-refractivity contribution is -0.137. The Morgan fingerprint density at radius 1 is 1.38 bits per heavy atom. The number of hydrogen-bond donors (Lipinski definition) is 1. The summed E-state index contributed by atoms with van der Waals surface area (Å²) in [6, 6.07) is 0.565. The van der Waals surface area contributed by atoms with E-state index in [0.29, 0.717) is 18.5 Å². The van der Waals surface area contributed by atoms with Crippen molar-refractivity contribution in [1.82, 2.24) is 4.90 Å². The first-order chi connectivity index (χ1) is 7.77. The van der Waals surface area contributed by atoms with Crippen LogP contribution in [0.5, 0.6) is 0 Å². The molecule has 1 saturated carbocycles. The van der Waals surface area contributed by atoms with Crippen LogP contribution in [-0.2, 0) is 9.53 Å². The lowest BCUT2D eigenvalue weighted by atomic mass is 9.84. The molecule has 0 radical (unpaired) electrons. The number of hydrogen-bond acceptors (Lipinski definition) is 3. The molecule has 4 heteroatoms. The molecule has 0 bridgehead atoms. The lowest BCUT2D eigenvalue weighted by Gasteiger charge is -2.37. The van der Waals surface area contributed by atoms with Crippen molar-refractivity contribution < 1.29 is 14.6 Å². The van der Waals surface area contributed by atoms with E-state index in [9.17, 15) is 4.79 Å². The second-order valence-corrected chi connectivity index (χ2v) is 4.87. The van der Waals surface area contributed by atoms with Gasteiger partial charge in [-0.1, -0.05) is 12.8 Å². The molecule has 1 heterocycles. The average Bonchev–Trinajstić information content (AvgIpc) is 2.48. The van der Waals surface area contributed by atoms with Crippen molar-refractivity contribution in [2.45, 2.75) is 38.1 Å². The molecule has 1 saturated heterocycles. The highest BCUT2D eigenvalue weighted by atomic mass is 16.5. The molecule has 0 aromatic carbocycles. The van der Waals surface area contributed by atoms with Crippen molar-refractivity contribution in [2.24, 2.45) is 5.92 Å². The minimum absolute atomic E-state index is 0.253. The Kier molecular flexibility index (Phi) is 4.18. The normalized spacial score (nSPS) is 31.8. The molecule has 1 N–H and O–H groups in total. The predicted octanol–water partition coefficient (Wildman–Crippen LogP) is 1.35. The number of carboxylic acids is 1. The van der Waals surface area contributed by atoms with Crippen molar-refractivity contribution in [1.29, 1.82) is 0 Å². The quantitative estimate of drug-likeness (QED) is 0.790. The average molecular weight is 227 g/mol. The van der Waals surface area contributed by atoms with Gasteiger partial charge in [0.05, 0.1) is 19.6 Å². The monoisotopic (exact) mass is 227 g/mol. The van der Waals surface area contributed by atoms with E-state index in [1.807, 2.05) is 0 Å². The van der Waals surface area contributed by atoms with Gasteiger partial charge in [-0.15, -0.1) is 0 Å². The van der Waals surface area contributed by atoms with Crippen LogP contribution in [0.1, 0.15) is 32.1 Å². The second-order valence-electron chi connectivity index (χ2n) is 4.87. The van der Waals surface area contributed by atoms with Crippen molar-refractivity contribution in [3.63, 3.8) is 0 Å². The number of aliphatic carboxylic acids is 1. The van der Waals surface area contributed by atoms with Crippen LogP contribution < -0.4 is 0 Å². The molecule has 0 unspecified atom stereocenters. The minimum atomic E-state index is -0.697. The zero-order chi connectivity index (χ0) is 11.4. The zero-order valence-electron chi connectivity index (χ0n) is 9.73. The van der Waals surface area contributed by atoms with Crippen LogP contribution >= 0.6 is 0 Å². The lowest BCUT2D eigenvalue weighted by Crippen LogP contribution is -2.43. The zero-order valence-corrected chi connectivity index (χ0v) is 9.73. The van der Waals surface area contributed by atoms with Crippen LogP contribution in [-0.4, -0.2) is 48.3 Å². The summed E-state index contributed by atoms with van der Waals surface area (Å²) in [5.41, 5.74) is 0. The molecule has 4 nitrogen and oxygen atoms in total. The molecular formula is C12H21NO3. The summed E-state index contributed by atoms with van der Waals surface area (Å²) in [5, 5.41) is 8.75. The largest absolute Gasteiger partial charge is 0.481 e. The molecular weight excluding hydrogens is 206 g/mol. The van der Waals surface area contributed by atoms with Gasteiger partial charge in [0.2, 0.25) is 0 Å². The number of rotatable bonds is 3. The van der Waals surface area contributed by atoms with Crippen LogP contribution in [0.4, 0.5) is 0 Å². The van der Waals surface area contributed by atoms with E-state index in [1.165, 1.54) is 25.7 Å². The molecule has 92 valence electrons. The standard InChI is InChI=1S/C12H21NO3/c14-12(15)5-6-13-7-8-16-9-10-3-1-2-4-11(10)13/h10-11H,1-9H2,(H,14,15)/t10-,11+/m1/s1. The molecule has 0 aromatic rings. The maximum atomic E-state index is 10.6. The molecule has 0 aromatic heterocycles. The highest BCUT2D eigenvalue weighted by Gasteiger charge is 2.32. The van der Waals surface area contributed by atoms with Gasteiger partial charge in [0, 0.05) is 19.1 Å². The molecule has 2 atom stereocenters. The number of fused-ring (bicyclic) bond motifs is 1. The fraction of sp³-hybridized carbons (Fsp3) is 0.917. The number of ether oxygens (including phenoxy) is 1. The highest BCUT2D eigenvalue weighted by molar-refractivity contribution is 5.66. The van der Waals surface area contributed by atoms with Crippen LogP contribution in [0.15, 0.2) is 0 Å². The molecule has 0 spiro atoms. The van der Waals surface area contributed by atoms with E-state index in [-0.39, 0.29) is 6.42 Å². The number of carbonyl (C=O) groups is 1. The molecule has 0 amide bonds. The van der Waals surface area contributed by atoms with Crippen molar-refractivity contribution in [3.05, 3.63) is 0 Å². The van der Waals surface area contributed by atoms with Crippen molar-refractivity contribution in [3.8, 4) is 0 Å². The van der Waals surface area contributed by atoms with E-state index < -0.39 is 5.97 Å². The fourth-order valence-corrected chi connectivity index (χ4v) is 2.96. The van der Waals surface area contributed by atoms with Gasteiger partial charge in [-0.25, -0.2) is 0 Å². The summed E-state index contributed by atoms with van der Waals surface area (Å²) >= 11 is 0. The summed E-state index contributed by atoms with van der Waals surface area (Å²) < 4.78 is 5.61.